The van der Waals surface area contributed by atoms with Gasteiger partial charge < -0.3 is 11.1 Å². The summed E-state index contributed by atoms with van der Waals surface area (Å²) < 4.78 is 0. The van der Waals surface area contributed by atoms with Crippen LogP contribution >= 0.6 is 0 Å². The fraction of sp³-hybridized carbons (Fsp3) is 0.833. The van der Waals surface area contributed by atoms with E-state index in [4.69, 9.17) is 5.41 Å². The molecule has 2 atom stereocenters. The molecule has 0 saturated carbocycles. The first-order chi connectivity index (χ1) is 3.55. The van der Waals surface area contributed by atoms with Crippen LogP contribution in [-0.2, 0) is 0 Å². The smallest absolute Gasteiger partial charge is 0.0893 e. The van der Waals surface area contributed by atoms with Crippen molar-refractivity contribution in [2.75, 3.05) is 0 Å². The zero-order valence-electron chi connectivity index (χ0n) is 5.86. The Morgan fingerprint density at radius 3 is 1.88 bits per heavy atom. The maximum atomic E-state index is 7.19. The average molecular weight is 115 g/mol. The van der Waals surface area contributed by atoms with Crippen LogP contribution in [-0.4, -0.2) is 11.8 Å². The molecule has 0 aromatic heterocycles. The molecule has 0 rings (SSSR count). The summed E-state index contributed by atoms with van der Waals surface area (Å²) in [6.45, 7) is 5.88. The fourth-order valence-corrected chi connectivity index (χ4v) is 0.427. The van der Waals surface area contributed by atoms with Gasteiger partial charge in [-0.1, -0.05) is 6.92 Å². The quantitative estimate of drug-likeness (QED) is 0.486. The standard InChI is InChI=1S/C6H14N2/c1-4(5(2)7)6(3)8/h4-5,8H,7H2,1-3H3/p+1. The second-order valence-electron chi connectivity index (χ2n) is 2.45. The van der Waals surface area contributed by atoms with E-state index in [1.54, 1.807) is 0 Å². The Morgan fingerprint density at radius 1 is 1.50 bits per heavy atom. The molecule has 48 valence electrons. The Morgan fingerprint density at radius 2 is 1.88 bits per heavy atom. The molecule has 0 aliphatic heterocycles. The highest BCUT2D eigenvalue weighted by Gasteiger charge is 2.11. The molecule has 0 bridgehead atoms. The van der Waals surface area contributed by atoms with E-state index >= 15 is 0 Å². The van der Waals surface area contributed by atoms with Crippen molar-refractivity contribution >= 4 is 5.71 Å². The third-order valence-corrected chi connectivity index (χ3v) is 1.54. The summed E-state index contributed by atoms with van der Waals surface area (Å²) in [6.07, 6.45) is 0. The SMILES string of the molecule is CC(=N)C(C)C(C)[NH3+]. The van der Waals surface area contributed by atoms with Crippen LogP contribution in [0.3, 0.4) is 0 Å². The van der Waals surface area contributed by atoms with E-state index in [9.17, 15) is 0 Å². The van der Waals surface area contributed by atoms with Crippen molar-refractivity contribution in [2.45, 2.75) is 26.8 Å². The number of quaternary nitrogens is 1. The van der Waals surface area contributed by atoms with Crippen LogP contribution in [0.25, 0.3) is 0 Å². The lowest BCUT2D eigenvalue weighted by molar-refractivity contribution is -0.420. The van der Waals surface area contributed by atoms with Crippen LogP contribution in [0.15, 0.2) is 0 Å². The lowest BCUT2D eigenvalue weighted by Gasteiger charge is -2.09. The van der Waals surface area contributed by atoms with E-state index in [0.717, 1.165) is 5.71 Å². The van der Waals surface area contributed by atoms with Gasteiger partial charge in [-0.15, -0.1) is 0 Å². The topological polar surface area (TPSA) is 51.5 Å². The molecule has 0 aromatic rings. The highest BCUT2D eigenvalue weighted by atomic mass is 14.6. The molecule has 2 nitrogen and oxygen atoms in total. The lowest BCUT2D eigenvalue weighted by atomic mass is 10.0. The minimum absolute atomic E-state index is 0.343. The Labute approximate surface area is 50.6 Å². The van der Waals surface area contributed by atoms with Crippen LogP contribution in [0.5, 0.6) is 0 Å². The van der Waals surface area contributed by atoms with E-state index in [1.807, 2.05) is 20.8 Å². The zero-order chi connectivity index (χ0) is 6.73. The van der Waals surface area contributed by atoms with Crippen molar-refractivity contribution in [3.05, 3.63) is 0 Å². The summed E-state index contributed by atoms with van der Waals surface area (Å²) in [5.74, 6) is 0.343. The van der Waals surface area contributed by atoms with E-state index < -0.39 is 0 Å². The van der Waals surface area contributed by atoms with Gasteiger partial charge in [-0.3, -0.25) is 0 Å². The van der Waals surface area contributed by atoms with Gasteiger partial charge in [0.15, 0.2) is 0 Å². The molecule has 0 radical (unpaired) electrons. The van der Waals surface area contributed by atoms with Crippen molar-refractivity contribution in [3.63, 3.8) is 0 Å². The van der Waals surface area contributed by atoms with Gasteiger partial charge in [-0.05, 0) is 13.8 Å². The second kappa shape index (κ2) is 2.82. The van der Waals surface area contributed by atoms with Gasteiger partial charge in [0, 0.05) is 11.6 Å². The molecule has 0 saturated heterocycles. The first-order valence-electron chi connectivity index (χ1n) is 2.93. The van der Waals surface area contributed by atoms with E-state index in [-0.39, 0.29) is 0 Å². The van der Waals surface area contributed by atoms with Crippen molar-refractivity contribution in [1.82, 2.24) is 0 Å². The summed E-state index contributed by atoms with van der Waals surface area (Å²) in [5, 5.41) is 7.19. The van der Waals surface area contributed by atoms with Gasteiger partial charge in [0.2, 0.25) is 0 Å². The maximum absolute atomic E-state index is 7.19. The molecule has 0 heterocycles. The lowest BCUT2D eigenvalue weighted by Crippen LogP contribution is -2.63. The number of hydrogen-bond acceptors (Lipinski definition) is 1. The molecule has 4 N–H and O–H groups in total. The molecule has 2 heteroatoms. The van der Waals surface area contributed by atoms with E-state index in [0.29, 0.717) is 12.0 Å². The van der Waals surface area contributed by atoms with Crippen molar-refractivity contribution in [1.29, 1.82) is 5.41 Å². The van der Waals surface area contributed by atoms with Crippen molar-refractivity contribution < 1.29 is 5.73 Å². The first kappa shape index (κ1) is 7.63. The minimum atomic E-state index is 0.343. The third-order valence-electron chi connectivity index (χ3n) is 1.54. The van der Waals surface area contributed by atoms with Crippen molar-refractivity contribution in [3.8, 4) is 0 Å². The highest BCUT2D eigenvalue weighted by Crippen LogP contribution is 1.97. The fourth-order valence-electron chi connectivity index (χ4n) is 0.427. The Balaban J connectivity index is 3.64. The van der Waals surface area contributed by atoms with Crippen LogP contribution in [0, 0.1) is 11.3 Å². The van der Waals surface area contributed by atoms with Gasteiger partial charge in [0.1, 0.15) is 0 Å². The van der Waals surface area contributed by atoms with Gasteiger partial charge in [-0.2, -0.15) is 0 Å². The van der Waals surface area contributed by atoms with Crippen molar-refractivity contribution in [2.24, 2.45) is 5.92 Å². The van der Waals surface area contributed by atoms with Crippen LogP contribution in [0.1, 0.15) is 20.8 Å². The summed E-state index contributed by atoms with van der Waals surface area (Å²) in [7, 11) is 0. The van der Waals surface area contributed by atoms with Gasteiger partial charge in [0.05, 0.1) is 6.04 Å². The zero-order valence-corrected chi connectivity index (χ0v) is 5.86. The van der Waals surface area contributed by atoms with Crippen LogP contribution in [0.4, 0.5) is 0 Å². The summed E-state index contributed by atoms with van der Waals surface area (Å²) in [5.41, 5.74) is 4.55. The molecule has 0 aliphatic carbocycles. The van der Waals surface area contributed by atoms with Gasteiger partial charge >= 0.3 is 0 Å². The predicted molar refractivity (Wildman–Crippen MR) is 34.9 cm³/mol. The Bertz CT molecular complexity index is 86.5. The molecule has 0 aromatic carbocycles. The predicted octanol–water partition coefficient (Wildman–Crippen LogP) is 0.293. The third kappa shape index (κ3) is 2.07. The second-order valence-corrected chi connectivity index (χ2v) is 2.45. The normalized spacial score (nSPS) is 17.5. The maximum Gasteiger partial charge on any atom is 0.0893 e. The molecular weight excluding hydrogens is 100 g/mol. The summed E-state index contributed by atoms with van der Waals surface area (Å²) >= 11 is 0. The average Bonchev–Trinajstić information content (AvgIpc) is 1.64. The van der Waals surface area contributed by atoms with E-state index in [2.05, 4.69) is 5.73 Å². The van der Waals surface area contributed by atoms with Gasteiger partial charge in [-0.25, -0.2) is 0 Å². The van der Waals surface area contributed by atoms with Crippen LogP contribution in [0.2, 0.25) is 0 Å². The minimum Gasteiger partial charge on any atom is -0.355 e. The molecule has 8 heavy (non-hydrogen) atoms. The molecule has 0 amide bonds. The van der Waals surface area contributed by atoms with Gasteiger partial charge in [0.25, 0.3) is 0 Å². The largest absolute Gasteiger partial charge is 0.355 e. The Kier molecular flexibility index (Phi) is 2.69. The number of hydrogen-bond donors (Lipinski definition) is 2. The Hall–Kier alpha value is -0.370. The molecule has 0 fully saturated rings. The highest BCUT2D eigenvalue weighted by molar-refractivity contribution is 5.81. The first-order valence-corrected chi connectivity index (χ1v) is 2.93. The van der Waals surface area contributed by atoms with Crippen LogP contribution < -0.4 is 5.73 Å². The molecule has 0 spiro atoms. The summed E-state index contributed by atoms with van der Waals surface area (Å²) in [4.78, 5) is 0. The molecular formula is C6H15N2+. The molecule has 2 unspecified atom stereocenters. The molecule has 0 aliphatic rings. The monoisotopic (exact) mass is 115 g/mol. The number of nitrogens with one attached hydrogen (secondary N) is 1. The van der Waals surface area contributed by atoms with E-state index in [1.165, 1.54) is 0 Å². The number of rotatable bonds is 2. The summed E-state index contributed by atoms with van der Waals surface area (Å²) in [6, 6.07) is 0.368.